The molecule has 0 aliphatic heterocycles. The molecule has 0 aliphatic rings. The minimum absolute atomic E-state index is 0.578. The summed E-state index contributed by atoms with van der Waals surface area (Å²) >= 11 is 3.35. The average molecular weight is 257 g/mol. The van der Waals surface area contributed by atoms with E-state index in [-0.39, 0.29) is 0 Å². The monoisotopic (exact) mass is 256 g/mol. The number of pyridine rings is 1. The van der Waals surface area contributed by atoms with E-state index in [0.717, 1.165) is 22.0 Å². The zero-order valence-corrected chi connectivity index (χ0v) is 9.67. The lowest BCUT2D eigenvalue weighted by atomic mass is 10.1. The van der Waals surface area contributed by atoms with Gasteiger partial charge in [-0.15, -0.1) is 0 Å². The van der Waals surface area contributed by atoms with Gasteiger partial charge in [-0.3, -0.25) is 0 Å². The van der Waals surface area contributed by atoms with Crippen molar-refractivity contribution in [2.75, 3.05) is 13.7 Å². The highest BCUT2D eigenvalue weighted by Crippen LogP contribution is 2.27. The molecule has 4 heteroatoms. The summed E-state index contributed by atoms with van der Waals surface area (Å²) in [5.41, 5.74) is 7.31. The summed E-state index contributed by atoms with van der Waals surface area (Å²) in [6.45, 7) is 4.52. The number of rotatable bonds is 4. The van der Waals surface area contributed by atoms with Crippen molar-refractivity contribution in [1.29, 1.82) is 0 Å². The summed E-state index contributed by atoms with van der Waals surface area (Å²) in [7, 11) is 1.59. The van der Waals surface area contributed by atoms with Crippen molar-refractivity contribution < 1.29 is 4.74 Å². The number of nitrogens with zero attached hydrogens (tertiary/aromatic N) is 1. The van der Waals surface area contributed by atoms with Crippen LogP contribution < -0.4 is 10.5 Å². The fraction of sp³-hybridized carbons (Fsp3) is 0.300. The molecule has 0 spiro atoms. The Balaban J connectivity index is 3.03. The molecule has 0 aliphatic carbocycles. The highest BCUT2D eigenvalue weighted by molar-refractivity contribution is 9.10. The quantitative estimate of drug-likeness (QED) is 0.899. The molecular formula is C10H13BrN2O. The maximum Gasteiger partial charge on any atom is 0.220 e. The first kappa shape index (κ1) is 11.2. The molecule has 1 heterocycles. The molecule has 1 aromatic heterocycles. The van der Waals surface area contributed by atoms with Crippen LogP contribution in [0.3, 0.4) is 0 Å². The lowest BCUT2D eigenvalue weighted by Crippen LogP contribution is -2.01. The maximum absolute atomic E-state index is 5.46. The number of methoxy groups -OCH3 is 1. The van der Waals surface area contributed by atoms with Crippen LogP contribution in [0, 0.1) is 0 Å². The third-order valence-electron chi connectivity index (χ3n) is 1.84. The van der Waals surface area contributed by atoms with E-state index in [1.165, 1.54) is 0 Å². The topological polar surface area (TPSA) is 48.1 Å². The zero-order valence-electron chi connectivity index (χ0n) is 8.09. The van der Waals surface area contributed by atoms with Gasteiger partial charge in [-0.1, -0.05) is 6.58 Å². The smallest absolute Gasteiger partial charge is 0.220 e. The zero-order chi connectivity index (χ0) is 10.6. The molecule has 0 atom stereocenters. The number of ether oxygens (including phenoxy) is 1. The average Bonchev–Trinajstić information content (AvgIpc) is 2.18. The summed E-state index contributed by atoms with van der Waals surface area (Å²) in [6, 6.07) is 1.93. The Morgan fingerprint density at radius 2 is 2.43 bits per heavy atom. The molecule has 3 nitrogen and oxygen atoms in total. The number of aromatic nitrogens is 1. The van der Waals surface area contributed by atoms with Gasteiger partial charge in [0.1, 0.15) is 0 Å². The van der Waals surface area contributed by atoms with Crippen LogP contribution in [0.4, 0.5) is 0 Å². The van der Waals surface area contributed by atoms with E-state index in [9.17, 15) is 0 Å². The highest BCUT2D eigenvalue weighted by atomic mass is 79.9. The van der Waals surface area contributed by atoms with Crippen molar-refractivity contribution in [3.8, 4) is 5.88 Å². The first-order valence-corrected chi connectivity index (χ1v) is 5.06. The predicted octanol–water partition coefficient (Wildman–Crippen LogP) is 2.21. The molecular weight excluding hydrogens is 244 g/mol. The highest BCUT2D eigenvalue weighted by Gasteiger charge is 2.07. The van der Waals surface area contributed by atoms with Crippen LogP contribution in [0.15, 0.2) is 23.3 Å². The molecule has 0 aromatic carbocycles. The molecule has 0 unspecified atom stereocenters. The van der Waals surface area contributed by atoms with Crippen molar-refractivity contribution in [1.82, 2.24) is 4.98 Å². The number of nitrogens with two attached hydrogens (primary N) is 1. The lowest BCUT2D eigenvalue weighted by molar-refractivity contribution is 0.396. The Labute approximate surface area is 92.1 Å². The van der Waals surface area contributed by atoms with Gasteiger partial charge in [0.2, 0.25) is 5.88 Å². The summed E-state index contributed by atoms with van der Waals surface area (Å²) in [5, 5.41) is 0. The Hall–Kier alpha value is -0.870. The first-order valence-electron chi connectivity index (χ1n) is 4.26. The second-order valence-electron chi connectivity index (χ2n) is 2.85. The van der Waals surface area contributed by atoms with Gasteiger partial charge < -0.3 is 10.5 Å². The Kier molecular flexibility index (Phi) is 4.10. The van der Waals surface area contributed by atoms with Crippen LogP contribution in [0.2, 0.25) is 0 Å². The Morgan fingerprint density at radius 1 is 1.71 bits per heavy atom. The van der Waals surface area contributed by atoms with Gasteiger partial charge in [0, 0.05) is 16.2 Å². The molecule has 0 amide bonds. The Bertz CT molecular complexity index is 339. The van der Waals surface area contributed by atoms with Crippen LogP contribution in [0.5, 0.6) is 5.88 Å². The molecule has 1 aromatic rings. The van der Waals surface area contributed by atoms with E-state index in [0.29, 0.717) is 12.4 Å². The lowest BCUT2D eigenvalue weighted by Gasteiger charge is -2.09. The number of hydrogen-bond donors (Lipinski definition) is 1. The van der Waals surface area contributed by atoms with E-state index < -0.39 is 0 Å². The van der Waals surface area contributed by atoms with Crippen LogP contribution in [-0.4, -0.2) is 18.6 Å². The first-order chi connectivity index (χ1) is 6.69. The number of hydrogen-bond acceptors (Lipinski definition) is 3. The standard InChI is InChI=1S/C10H13BrN2O/c1-7(3-4-12)9-5-8(11)6-13-10(9)14-2/h5-6H,1,3-4,12H2,2H3. The largest absolute Gasteiger partial charge is 0.481 e. The Morgan fingerprint density at radius 3 is 3.00 bits per heavy atom. The summed E-state index contributed by atoms with van der Waals surface area (Å²) < 4.78 is 6.04. The van der Waals surface area contributed by atoms with Crippen LogP contribution in [0.25, 0.3) is 5.57 Å². The van der Waals surface area contributed by atoms with Gasteiger partial charge in [-0.25, -0.2) is 4.98 Å². The number of halogens is 1. The fourth-order valence-electron chi connectivity index (χ4n) is 1.15. The molecule has 0 bridgehead atoms. The second-order valence-corrected chi connectivity index (χ2v) is 3.77. The molecule has 2 N–H and O–H groups in total. The van der Waals surface area contributed by atoms with Crippen LogP contribution >= 0.6 is 15.9 Å². The molecule has 0 radical (unpaired) electrons. The van der Waals surface area contributed by atoms with Crippen LogP contribution in [-0.2, 0) is 0 Å². The summed E-state index contributed by atoms with van der Waals surface area (Å²) in [6.07, 6.45) is 2.44. The minimum Gasteiger partial charge on any atom is -0.481 e. The predicted molar refractivity (Wildman–Crippen MR) is 61.2 cm³/mol. The van der Waals surface area contributed by atoms with Gasteiger partial charge in [-0.05, 0) is 40.5 Å². The summed E-state index contributed by atoms with van der Waals surface area (Å²) in [4.78, 5) is 4.13. The van der Waals surface area contributed by atoms with E-state index in [1.807, 2.05) is 6.07 Å². The SMILES string of the molecule is C=C(CCN)c1cc(Br)cnc1OC. The molecule has 0 saturated carbocycles. The fourth-order valence-corrected chi connectivity index (χ4v) is 1.48. The maximum atomic E-state index is 5.46. The van der Waals surface area contributed by atoms with E-state index >= 15 is 0 Å². The van der Waals surface area contributed by atoms with Gasteiger partial charge in [0.25, 0.3) is 0 Å². The normalized spacial score (nSPS) is 9.93. The molecule has 1 rings (SSSR count). The van der Waals surface area contributed by atoms with Crippen molar-refractivity contribution in [3.05, 3.63) is 28.9 Å². The van der Waals surface area contributed by atoms with Crippen molar-refractivity contribution in [2.45, 2.75) is 6.42 Å². The van der Waals surface area contributed by atoms with E-state index in [2.05, 4.69) is 27.5 Å². The van der Waals surface area contributed by atoms with Gasteiger partial charge in [-0.2, -0.15) is 0 Å². The molecule has 14 heavy (non-hydrogen) atoms. The molecule has 0 saturated heterocycles. The minimum atomic E-state index is 0.578. The van der Waals surface area contributed by atoms with Crippen molar-refractivity contribution in [3.63, 3.8) is 0 Å². The third kappa shape index (κ3) is 2.56. The molecule has 0 fully saturated rings. The third-order valence-corrected chi connectivity index (χ3v) is 2.27. The van der Waals surface area contributed by atoms with Gasteiger partial charge >= 0.3 is 0 Å². The summed E-state index contributed by atoms with van der Waals surface area (Å²) in [5.74, 6) is 0.589. The van der Waals surface area contributed by atoms with E-state index in [1.54, 1.807) is 13.3 Å². The van der Waals surface area contributed by atoms with Crippen molar-refractivity contribution in [2.24, 2.45) is 5.73 Å². The van der Waals surface area contributed by atoms with E-state index in [4.69, 9.17) is 10.5 Å². The van der Waals surface area contributed by atoms with Gasteiger partial charge in [0.05, 0.1) is 7.11 Å². The second kappa shape index (κ2) is 5.12. The molecule has 76 valence electrons. The van der Waals surface area contributed by atoms with Crippen molar-refractivity contribution >= 4 is 21.5 Å². The van der Waals surface area contributed by atoms with Gasteiger partial charge in [0.15, 0.2) is 0 Å². The van der Waals surface area contributed by atoms with Crippen LogP contribution in [0.1, 0.15) is 12.0 Å².